The molecule has 0 atom stereocenters. The van der Waals surface area contributed by atoms with E-state index in [9.17, 15) is 13.2 Å². The van der Waals surface area contributed by atoms with Crippen molar-refractivity contribution < 1.29 is 13.2 Å². The number of carbonyl (C=O) groups excluding carboxylic acids is 1. The van der Waals surface area contributed by atoms with E-state index < -0.39 is 9.84 Å². The average molecular weight is 370 g/mol. The Morgan fingerprint density at radius 2 is 1.92 bits per heavy atom. The van der Waals surface area contributed by atoms with Crippen LogP contribution in [-0.2, 0) is 16.4 Å². The zero-order chi connectivity index (χ0) is 18.6. The Kier molecular flexibility index (Phi) is 5.13. The Morgan fingerprint density at radius 3 is 2.58 bits per heavy atom. The lowest BCUT2D eigenvalue weighted by Gasteiger charge is -2.07. The topological polar surface area (TPSA) is 105 Å². The number of aromatic amines is 1. The zero-order valence-electron chi connectivity index (χ0n) is 14.1. The maximum atomic E-state index is 12.4. The van der Waals surface area contributed by atoms with Gasteiger partial charge < -0.3 is 5.32 Å². The van der Waals surface area contributed by atoms with Crippen molar-refractivity contribution in [3.05, 3.63) is 66.0 Å². The number of H-pyrrole nitrogens is 1. The van der Waals surface area contributed by atoms with E-state index in [1.807, 2.05) is 6.07 Å². The van der Waals surface area contributed by atoms with Crippen LogP contribution in [0.1, 0.15) is 22.8 Å². The molecule has 1 heterocycles. The van der Waals surface area contributed by atoms with Crippen LogP contribution >= 0.6 is 0 Å². The van der Waals surface area contributed by atoms with Crippen molar-refractivity contribution in [2.45, 2.75) is 18.4 Å². The highest BCUT2D eigenvalue weighted by atomic mass is 32.2. The molecule has 0 saturated carbocycles. The van der Waals surface area contributed by atoms with Crippen LogP contribution in [0.3, 0.4) is 0 Å². The molecular formula is C18H18N4O3S. The minimum Gasteiger partial charge on any atom is -0.348 e. The van der Waals surface area contributed by atoms with Crippen LogP contribution < -0.4 is 5.32 Å². The summed E-state index contributed by atoms with van der Waals surface area (Å²) in [5, 5.41) is 9.38. The standard InChI is InChI=1S/C18H18N4O3S/c1-2-26(24,25)16-8-6-13(7-9-16)11-19-18(23)15-5-3-4-14(10-15)17-20-12-21-22-17/h3-10,12H,2,11H2,1H3,(H,19,23)(H,20,21,22). The van der Waals surface area contributed by atoms with Gasteiger partial charge in [-0.3, -0.25) is 9.89 Å². The monoisotopic (exact) mass is 370 g/mol. The molecule has 7 nitrogen and oxygen atoms in total. The quantitative estimate of drug-likeness (QED) is 0.692. The van der Waals surface area contributed by atoms with Gasteiger partial charge >= 0.3 is 0 Å². The number of hydrogen-bond acceptors (Lipinski definition) is 5. The first kappa shape index (κ1) is 17.8. The minimum absolute atomic E-state index is 0.0601. The number of amides is 1. The summed E-state index contributed by atoms with van der Waals surface area (Å²) in [6.45, 7) is 1.91. The maximum Gasteiger partial charge on any atom is 0.251 e. The van der Waals surface area contributed by atoms with Gasteiger partial charge in [-0.15, -0.1) is 0 Å². The summed E-state index contributed by atoms with van der Waals surface area (Å²) in [5.41, 5.74) is 2.09. The molecule has 3 aromatic rings. The molecule has 0 saturated heterocycles. The lowest BCUT2D eigenvalue weighted by atomic mass is 10.1. The third-order valence-electron chi connectivity index (χ3n) is 3.93. The summed E-state index contributed by atoms with van der Waals surface area (Å²) in [6.07, 6.45) is 1.41. The Labute approximate surface area is 151 Å². The van der Waals surface area contributed by atoms with Crippen LogP contribution in [0, 0.1) is 0 Å². The molecule has 0 bridgehead atoms. The number of hydrogen-bond donors (Lipinski definition) is 2. The van der Waals surface area contributed by atoms with Gasteiger partial charge in [-0.1, -0.05) is 31.2 Å². The first-order chi connectivity index (χ1) is 12.5. The molecule has 3 rings (SSSR count). The Morgan fingerprint density at radius 1 is 1.15 bits per heavy atom. The SMILES string of the molecule is CCS(=O)(=O)c1ccc(CNC(=O)c2cccc(-c3ncn[nH]3)c2)cc1. The molecule has 8 heteroatoms. The summed E-state index contributed by atoms with van der Waals surface area (Å²) < 4.78 is 23.6. The highest BCUT2D eigenvalue weighted by Crippen LogP contribution is 2.16. The predicted molar refractivity (Wildman–Crippen MR) is 97.2 cm³/mol. The summed E-state index contributed by atoms with van der Waals surface area (Å²) in [7, 11) is -3.22. The van der Waals surface area contributed by atoms with E-state index in [1.165, 1.54) is 6.33 Å². The molecule has 0 radical (unpaired) electrons. The highest BCUT2D eigenvalue weighted by Gasteiger charge is 2.11. The Balaban J connectivity index is 1.67. The normalized spacial score (nSPS) is 11.3. The molecule has 2 N–H and O–H groups in total. The van der Waals surface area contributed by atoms with Crippen LogP contribution in [0.5, 0.6) is 0 Å². The fourth-order valence-corrected chi connectivity index (χ4v) is 3.30. The number of rotatable bonds is 6. The summed E-state index contributed by atoms with van der Waals surface area (Å²) in [4.78, 5) is 16.7. The summed E-state index contributed by atoms with van der Waals surface area (Å²) in [6, 6.07) is 13.6. The van der Waals surface area contributed by atoms with E-state index >= 15 is 0 Å². The number of nitrogens with zero attached hydrogens (tertiary/aromatic N) is 2. The van der Waals surface area contributed by atoms with Gasteiger partial charge in [0.2, 0.25) is 0 Å². The zero-order valence-corrected chi connectivity index (χ0v) is 15.0. The molecule has 0 spiro atoms. The number of benzene rings is 2. The van der Waals surface area contributed by atoms with Gasteiger partial charge in [0.1, 0.15) is 6.33 Å². The third-order valence-corrected chi connectivity index (χ3v) is 5.68. The van der Waals surface area contributed by atoms with Crippen LogP contribution in [0.2, 0.25) is 0 Å². The van der Waals surface area contributed by atoms with Crippen LogP contribution in [0.15, 0.2) is 59.8 Å². The van der Waals surface area contributed by atoms with Gasteiger partial charge in [-0.25, -0.2) is 13.4 Å². The van der Waals surface area contributed by atoms with E-state index in [0.717, 1.165) is 11.1 Å². The average Bonchev–Trinajstić information content (AvgIpc) is 3.21. The van der Waals surface area contributed by atoms with Crippen molar-refractivity contribution in [2.24, 2.45) is 0 Å². The maximum absolute atomic E-state index is 12.4. The second kappa shape index (κ2) is 7.49. The van der Waals surface area contributed by atoms with E-state index in [4.69, 9.17) is 0 Å². The molecule has 26 heavy (non-hydrogen) atoms. The Bertz CT molecular complexity index is 997. The van der Waals surface area contributed by atoms with Crippen molar-refractivity contribution in [1.82, 2.24) is 20.5 Å². The molecule has 0 aliphatic rings. The number of aromatic nitrogens is 3. The smallest absolute Gasteiger partial charge is 0.251 e. The lowest BCUT2D eigenvalue weighted by Crippen LogP contribution is -2.22. The second-order valence-electron chi connectivity index (χ2n) is 5.64. The van der Waals surface area contributed by atoms with E-state index in [0.29, 0.717) is 17.9 Å². The fourth-order valence-electron chi connectivity index (χ4n) is 2.42. The molecule has 2 aromatic carbocycles. The number of nitrogens with one attached hydrogen (secondary N) is 2. The molecule has 134 valence electrons. The van der Waals surface area contributed by atoms with Crippen LogP contribution in [0.25, 0.3) is 11.4 Å². The third kappa shape index (κ3) is 3.97. The highest BCUT2D eigenvalue weighted by molar-refractivity contribution is 7.91. The van der Waals surface area contributed by atoms with Gasteiger partial charge in [0.05, 0.1) is 10.6 Å². The van der Waals surface area contributed by atoms with Crippen LogP contribution in [0.4, 0.5) is 0 Å². The van der Waals surface area contributed by atoms with Gasteiger partial charge in [0, 0.05) is 17.7 Å². The molecular weight excluding hydrogens is 352 g/mol. The molecule has 0 aliphatic heterocycles. The molecule has 1 amide bonds. The van der Waals surface area contributed by atoms with Crippen LogP contribution in [-0.4, -0.2) is 35.3 Å². The first-order valence-electron chi connectivity index (χ1n) is 8.05. The first-order valence-corrected chi connectivity index (χ1v) is 9.70. The van der Waals surface area contributed by atoms with Gasteiger partial charge in [-0.2, -0.15) is 5.10 Å². The van der Waals surface area contributed by atoms with E-state index in [2.05, 4.69) is 20.5 Å². The molecule has 0 unspecified atom stereocenters. The minimum atomic E-state index is -3.22. The van der Waals surface area contributed by atoms with Gasteiger partial charge in [-0.05, 0) is 29.8 Å². The number of sulfone groups is 1. The van der Waals surface area contributed by atoms with Crippen molar-refractivity contribution in [2.75, 3.05) is 5.75 Å². The van der Waals surface area contributed by atoms with Gasteiger partial charge in [0.15, 0.2) is 15.7 Å². The van der Waals surface area contributed by atoms with Crippen molar-refractivity contribution in [3.8, 4) is 11.4 Å². The van der Waals surface area contributed by atoms with Crippen molar-refractivity contribution in [3.63, 3.8) is 0 Å². The van der Waals surface area contributed by atoms with Crippen molar-refractivity contribution >= 4 is 15.7 Å². The van der Waals surface area contributed by atoms with Crippen molar-refractivity contribution in [1.29, 1.82) is 0 Å². The van der Waals surface area contributed by atoms with Gasteiger partial charge in [0.25, 0.3) is 5.91 Å². The fraction of sp³-hybridized carbons (Fsp3) is 0.167. The lowest BCUT2D eigenvalue weighted by molar-refractivity contribution is 0.0951. The number of carbonyl (C=O) groups is 1. The second-order valence-corrected chi connectivity index (χ2v) is 7.92. The van der Waals surface area contributed by atoms with E-state index in [1.54, 1.807) is 49.4 Å². The molecule has 0 fully saturated rings. The Hall–Kier alpha value is -3.00. The molecule has 0 aliphatic carbocycles. The summed E-state index contributed by atoms with van der Waals surface area (Å²) in [5.74, 6) is 0.425. The molecule has 1 aromatic heterocycles. The largest absolute Gasteiger partial charge is 0.348 e. The summed E-state index contributed by atoms with van der Waals surface area (Å²) >= 11 is 0. The predicted octanol–water partition coefficient (Wildman–Crippen LogP) is 2.20. The van der Waals surface area contributed by atoms with E-state index in [-0.39, 0.29) is 16.6 Å².